The summed E-state index contributed by atoms with van der Waals surface area (Å²) in [5.41, 5.74) is 15.6. The molecule has 0 fully saturated rings. The van der Waals surface area contributed by atoms with Crippen molar-refractivity contribution in [1.82, 2.24) is 10.1 Å². The standard InChI is InChI=1S/C22H26N6O/c1-2-18-10-13-20(21(23)26-18)22(24)27-28(25)14-16-8-11-19(12-9-16)29-15-17-6-4-3-5-7-17/h3-13H,2,14-15,25H2,1H3,(H2,23,26)(H2,24,27). The predicted molar refractivity (Wildman–Crippen MR) is 116 cm³/mol. The van der Waals surface area contributed by atoms with Crippen molar-refractivity contribution in [3.8, 4) is 5.75 Å². The number of rotatable bonds is 8. The molecule has 0 atom stereocenters. The third-order valence-electron chi connectivity index (χ3n) is 4.37. The average molecular weight is 390 g/mol. The van der Waals surface area contributed by atoms with E-state index >= 15 is 0 Å². The maximum atomic E-state index is 6.05. The molecule has 0 aliphatic rings. The maximum Gasteiger partial charge on any atom is 0.156 e. The molecule has 2 aromatic carbocycles. The van der Waals surface area contributed by atoms with Crippen LogP contribution < -0.4 is 22.0 Å². The fourth-order valence-corrected chi connectivity index (χ4v) is 2.78. The number of aromatic nitrogens is 1. The molecule has 1 aromatic heterocycles. The van der Waals surface area contributed by atoms with Crippen molar-refractivity contribution in [2.75, 3.05) is 5.73 Å². The SMILES string of the molecule is CCc1ccc(/C(N)=N/N(N)Cc2ccc(OCc3ccccc3)cc2)c(N)n1. The molecule has 7 nitrogen and oxygen atoms in total. The second-order valence-corrected chi connectivity index (χ2v) is 6.59. The number of nitrogen functional groups attached to an aromatic ring is 1. The van der Waals surface area contributed by atoms with Crippen LogP contribution in [0.15, 0.2) is 71.8 Å². The van der Waals surface area contributed by atoms with Gasteiger partial charge in [0, 0.05) is 5.69 Å². The third-order valence-corrected chi connectivity index (χ3v) is 4.37. The minimum atomic E-state index is 0.225. The predicted octanol–water partition coefficient (Wildman–Crippen LogP) is 2.80. The van der Waals surface area contributed by atoms with Gasteiger partial charge in [0.25, 0.3) is 0 Å². The van der Waals surface area contributed by atoms with Crippen LogP contribution in [0, 0.1) is 0 Å². The van der Waals surface area contributed by atoms with Gasteiger partial charge in [0.2, 0.25) is 0 Å². The van der Waals surface area contributed by atoms with Crippen molar-refractivity contribution >= 4 is 11.7 Å². The van der Waals surface area contributed by atoms with Gasteiger partial charge in [0.05, 0.1) is 12.1 Å². The van der Waals surface area contributed by atoms with Crippen LogP contribution >= 0.6 is 0 Å². The van der Waals surface area contributed by atoms with E-state index in [1.54, 1.807) is 0 Å². The molecule has 3 aromatic rings. The van der Waals surface area contributed by atoms with Crippen molar-refractivity contribution in [2.45, 2.75) is 26.5 Å². The summed E-state index contributed by atoms with van der Waals surface area (Å²) in [5.74, 6) is 7.36. The first-order chi connectivity index (χ1) is 14.0. The lowest BCUT2D eigenvalue weighted by Crippen LogP contribution is -2.29. The van der Waals surface area contributed by atoms with Gasteiger partial charge in [0.1, 0.15) is 18.2 Å². The lowest BCUT2D eigenvalue weighted by molar-refractivity contribution is 0.289. The van der Waals surface area contributed by atoms with E-state index in [1.165, 1.54) is 5.12 Å². The van der Waals surface area contributed by atoms with Gasteiger partial charge in [0.15, 0.2) is 5.84 Å². The van der Waals surface area contributed by atoms with Crippen molar-refractivity contribution in [2.24, 2.45) is 16.7 Å². The smallest absolute Gasteiger partial charge is 0.156 e. The minimum Gasteiger partial charge on any atom is -0.489 e. The molecule has 0 saturated heterocycles. The molecule has 0 amide bonds. The molecule has 0 spiro atoms. The highest BCUT2D eigenvalue weighted by Crippen LogP contribution is 2.15. The van der Waals surface area contributed by atoms with Gasteiger partial charge in [-0.3, -0.25) is 0 Å². The molecule has 0 unspecified atom stereocenters. The van der Waals surface area contributed by atoms with Gasteiger partial charge in [-0.15, -0.1) is 5.10 Å². The molecule has 0 aliphatic heterocycles. The average Bonchev–Trinajstić information content (AvgIpc) is 2.73. The Hall–Kier alpha value is -3.58. The number of aryl methyl sites for hydroxylation is 1. The van der Waals surface area contributed by atoms with Crippen LogP contribution in [-0.2, 0) is 19.6 Å². The van der Waals surface area contributed by atoms with E-state index in [1.807, 2.05) is 73.7 Å². The molecule has 0 radical (unpaired) electrons. The van der Waals surface area contributed by atoms with E-state index in [0.717, 1.165) is 29.0 Å². The number of pyridine rings is 1. The summed E-state index contributed by atoms with van der Waals surface area (Å²) >= 11 is 0. The van der Waals surface area contributed by atoms with E-state index in [0.29, 0.717) is 24.5 Å². The first-order valence-electron chi connectivity index (χ1n) is 9.43. The number of benzene rings is 2. The fraction of sp³-hybridized carbons (Fsp3) is 0.182. The van der Waals surface area contributed by atoms with Crippen LogP contribution in [-0.4, -0.2) is 15.9 Å². The van der Waals surface area contributed by atoms with Gasteiger partial charge in [-0.05, 0) is 41.8 Å². The van der Waals surface area contributed by atoms with E-state index in [-0.39, 0.29) is 5.84 Å². The second-order valence-electron chi connectivity index (χ2n) is 6.59. The Balaban J connectivity index is 1.58. The quantitative estimate of drug-likeness (QED) is 0.236. The Morgan fingerprint density at radius 1 is 1.00 bits per heavy atom. The first-order valence-corrected chi connectivity index (χ1v) is 9.43. The van der Waals surface area contributed by atoms with E-state index in [4.69, 9.17) is 22.0 Å². The van der Waals surface area contributed by atoms with Gasteiger partial charge >= 0.3 is 0 Å². The molecule has 150 valence electrons. The van der Waals surface area contributed by atoms with Crippen molar-refractivity contribution in [3.05, 3.63) is 89.1 Å². The maximum absolute atomic E-state index is 6.05. The molecule has 0 bridgehead atoms. The molecule has 3 rings (SSSR count). The fourth-order valence-electron chi connectivity index (χ4n) is 2.78. The molecule has 1 heterocycles. The van der Waals surface area contributed by atoms with E-state index in [9.17, 15) is 0 Å². The summed E-state index contributed by atoms with van der Waals surface area (Å²) in [5, 5.41) is 5.49. The first kappa shape index (κ1) is 20.2. The topological polar surface area (TPSA) is 116 Å². The van der Waals surface area contributed by atoms with Crippen LogP contribution in [0.3, 0.4) is 0 Å². The zero-order valence-electron chi connectivity index (χ0n) is 16.5. The summed E-state index contributed by atoms with van der Waals surface area (Å²) in [7, 11) is 0. The van der Waals surface area contributed by atoms with Crippen molar-refractivity contribution < 1.29 is 4.74 Å². The summed E-state index contributed by atoms with van der Waals surface area (Å²) in [6, 6.07) is 21.4. The molecule has 7 heteroatoms. The third kappa shape index (κ3) is 5.70. The zero-order chi connectivity index (χ0) is 20.6. The number of hydrazone groups is 1. The number of anilines is 1. The number of nitrogens with two attached hydrogens (primary N) is 3. The molecule has 29 heavy (non-hydrogen) atoms. The summed E-state index contributed by atoms with van der Waals surface area (Å²) in [6.07, 6.45) is 0.801. The molecular formula is C22H26N6O. The Labute approximate surface area is 170 Å². The highest BCUT2D eigenvalue weighted by atomic mass is 16.5. The minimum absolute atomic E-state index is 0.225. The molecule has 6 N–H and O–H groups in total. The number of ether oxygens (including phenoxy) is 1. The van der Waals surface area contributed by atoms with Crippen LogP contribution in [0.5, 0.6) is 5.75 Å². The molecule has 0 saturated carbocycles. The van der Waals surface area contributed by atoms with E-state index < -0.39 is 0 Å². The van der Waals surface area contributed by atoms with Crippen LogP contribution in [0.1, 0.15) is 29.3 Å². The summed E-state index contributed by atoms with van der Waals surface area (Å²) < 4.78 is 5.79. The second kappa shape index (κ2) is 9.57. The van der Waals surface area contributed by atoms with Gasteiger partial charge < -0.3 is 16.2 Å². The Kier molecular flexibility index (Phi) is 6.65. The van der Waals surface area contributed by atoms with Gasteiger partial charge in [-0.2, -0.15) is 0 Å². The highest BCUT2D eigenvalue weighted by Gasteiger charge is 2.08. The number of amidine groups is 1. The molecule has 0 aliphatic carbocycles. The number of hydrogen-bond acceptors (Lipinski definition) is 6. The Morgan fingerprint density at radius 2 is 1.72 bits per heavy atom. The summed E-state index contributed by atoms with van der Waals surface area (Å²) in [4.78, 5) is 4.30. The van der Waals surface area contributed by atoms with Gasteiger partial charge in [-0.25, -0.2) is 15.9 Å². The number of hydrogen-bond donors (Lipinski definition) is 3. The van der Waals surface area contributed by atoms with Crippen molar-refractivity contribution in [3.63, 3.8) is 0 Å². The largest absolute Gasteiger partial charge is 0.489 e. The molecular weight excluding hydrogens is 364 g/mol. The zero-order valence-corrected chi connectivity index (χ0v) is 16.5. The normalized spacial score (nSPS) is 11.3. The lowest BCUT2D eigenvalue weighted by Gasteiger charge is -2.15. The lowest BCUT2D eigenvalue weighted by atomic mass is 10.2. The highest BCUT2D eigenvalue weighted by molar-refractivity contribution is 6.01. The summed E-state index contributed by atoms with van der Waals surface area (Å²) in [6.45, 7) is 2.93. The van der Waals surface area contributed by atoms with Crippen LogP contribution in [0.2, 0.25) is 0 Å². The monoisotopic (exact) mass is 390 g/mol. The number of hydrazine groups is 1. The van der Waals surface area contributed by atoms with Crippen LogP contribution in [0.25, 0.3) is 0 Å². The van der Waals surface area contributed by atoms with Crippen molar-refractivity contribution in [1.29, 1.82) is 0 Å². The Morgan fingerprint density at radius 3 is 2.38 bits per heavy atom. The number of nitrogens with zero attached hydrogens (tertiary/aromatic N) is 3. The van der Waals surface area contributed by atoms with Gasteiger partial charge in [-0.1, -0.05) is 49.4 Å². The van der Waals surface area contributed by atoms with Crippen LogP contribution in [0.4, 0.5) is 5.82 Å². The Bertz CT molecular complexity index is 957. The van der Waals surface area contributed by atoms with E-state index in [2.05, 4.69) is 10.1 Å².